The summed E-state index contributed by atoms with van der Waals surface area (Å²) in [5.41, 5.74) is 2.38. The number of alkyl halides is 1. The highest BCUT2D eigenvalue weighted by molar-refractivity contribution is 6.18. The molecule has 0 saturated carbocycles. The minimum absolute atomic E-state index is 0.0984. The van der Waals surface area contributed by atoms with Crippen LogP contribution < -0.4 is 5.32 Å². The van der Waals surface area contributed by atoms with Crippen LogP contribution in [-0.4, -0.2) is 53.0 Å². The Kier molecular flexibility index (Phi) is 8.00. The Labute approximate surface area is 186 Å². The Hall–Kier alpha value is -2.93. The summed E-state index contributed by atoms with van der Waals surface area (Å²) < 4.78 is 13.3. The predicted octanol–water partition coefficient (Wildman–Crippen LogP) is 3.77. The number of hydrogen-bond acceptors (Lipinski definition) is 3. The van der Waals surface area contributed by atoms with Gasteiger partial charge in [-0.25, -0.2) is 4.39 Å². The third kappa shape index (κ3) is 6.04. The molecule has 1 aliphatic heterocycles. The zero-order valence-electron chi connectivity index (χ0n) is 17.2. The Morgan fingerprint density at radius 2 is 1.97 bits per heavy atom. The highest BCUT2D eigenvalue weighted by atomic mass is 35.5. The molecule has 1 aliphatic rings. The topological polar surface area (TPSA) is 77.6 Å². The maximum absolute atomic E-state index is 13.3. The molecule has 8 heteroatoms. The van der Waals surface area contributed by atoms with E-state index in [0.717, 1.165) is 24.8 Å². The molecule has 31 heavy (non-hydrogen) atoms. The number of amides is 2. The van der Waals surface area contributed by atoms with Crippen LogP contribution in [0.25, 0.3) is 6.08 Å². The van der Waals surface area contributed by atoms with Crippen LogP contribution in [0.1, 0.15) is 46.6 Å². The number of nitrogens with one attached hydrogen (secondary N) is 2. The average Bonchev–Trinajstić information content (AvgIpc) is 3.22. The summed E-state index contributed by atoms with van der Waals surface area (Å²) in [5.74, 6) is -0.885. The number of aliphatic imine (C=N–C) groups is 1. The summed E-state index contributed by atoms with van der Waals surface area (Å²) in [6.45, 7) is 5.10. The molecule has 6 nitrogen and oxygen atoms in total. The van der Waals surface area contributed by atoms with E-state index < -0.39 is 11.9 Å². The summed E-state index contributed by atoms with van der Waals surface area (Å²) in [7, 11) is 0. The summed E-state index contributed by atoms with van der Waals surface area (Å²) in [6.07, 6.45) is 6.42. The maximum Gasteiger partial charge on any atom is 0.268 e. The van der Waals surface area contributed by atoms with E-state index in [1.165, 1.54) is 18.3 Å². The van der Waals surface area contributed by atoms with E-state index >= 15 is 0 Å². The van der Waals surface area contributed by atoms with Gasteiger partial charge in [-0.05, 0) is 43.0 Å². The van der Waals surface area contributed by atoms with E-state index in [9.17, 15) is 14.0 Å². The Morgan fingerprint density at radius 1 is 1.26 bits per heavy atom. The Balaban J connectivity index is 1.81. The van der Waals surface area contributed by atoms with Gasteiger partial charge >= 0.3 is 0 Å². The number of benzene rings is 1. The largest absolute Gasteiger partial charge is 0.349 e. The van der Waals surface area contributed by atoms with Gasteiger partial charge in [0.15, 0.2) is 0 Å². The van der Waals surface area contributed by atoms with Crippen molar-refractivity contribution in [3.8, 4) is 0 Å². The third-order valence-electron chi connectivity index (χ3n) is 5.26. The average molecular weight is 445 g/mol. The van der Waals surface area contributed by atoms with Gasteiger partial charge in [0, 0.05) is 31.3 Å². The van der Waals surface area contributed by atoms with Crippen LogP contribution in [0.4, 0.5) is 4.39 Å². The van der Waals surface area contributed by atoms with E-state index in [1.54, 1.807) is 29.2 Å². The van der Waals surface area contributed by atoms with Gasteiger partial charge in [0.1, 0.15) is 23.6 Å². The number of aromatic nitrogens is 1. The first-order valence-corrected chi connectivity index (χ1v) is 10.8. The van der Waals surface area contributed by atoms with Crippen molar-refractivity contribution < 1.29 is 14.0 Å². The minimum Gasteiger partial charge on any atom is -0.349 e. The van der Waals surface area contributed by atoms with Crippen molar-refractivity contribution in [2.75, 3.05) is 19.1 Å². The molecule has 0 bridgehead atoms. The second-order valence-electron chi connectivity index (χ2n) is 7.43. The molecular formula is C23H26ClFN4O2. The van der Waals surface area contributed by atoms with Crippen LogP contribution in [-0.2, 0) is 11.2 Å². The van der Waals surface area contributed by atoms with Gasteiger partial charge in [-0.2, -0.15) is 0 Å². The predicted molar refractivity (Wildman–Crippen MR) is 121 cm³/mol. The molecule has 1 aromatic heterocycles. The molecule has 1 aromatic carbocycles. The molecule has 3 rings (SSSR count). The number of likely N-dealkylation sites (tertiary alicyclic amines) is 1. The molecular weight excluding hydrogens is 419 g/mol. The van der Waals surface area contributed by atoms with Crippen molar-refractivity contribution in [2.45, 2.75) is 31.7 Å². The van der Waals surface area contributed by atoms with Crippen LogP contribution in [0.3, 0.4) is 0 Å². The molecule has 164 valence electrons. The lowest BCUT2D eigenvalue weighted by atomic mass is 10.0. The summed E-state index contributed by atoms with van der Waals surface area (Å²) in [4.78, 5) is 34.9. The number of H-pyrrole nitrogens is 1. The highest BCUT2D eigenvalue weighted by Gasteiger charge is 2.28. The fraction of sp³-hybridized carbons (Fsp3) is 0.348. The minimum atomic E-state index is -0.758. The standard InChI is InChI=1S/C23H26ClFN4O2/c1-2-17-13-19(27-21(17)14-26-15-24)22(30)28-20(12-16-6-8-18(25)9-7-16)23(31)29-10-4-3-5-11-29/h2,6-9,13-14,20,27H,1,3-5,10-12,15H2,(H,28,30)/b26-14-/t20-/m0/s1. The molecule has 0 spiro atoms. The van der Waals surface area contributed by atoms with Crippen LogP contribution in [0.2, 0.25) is 0 Å². The monoisotopic (exact) mass is 444 g/mol. The first kappa shape index (κ1) is 22.7. The van der Waals surface area contributed by atoms with Gasteiger partial charge in [0.05, 0.1) is 5.69 Å². The molecule has 2 N–H and O–H groups in total. The number of halogens is 2. The third-order valence-corrected chi connectivity index (χ3v) is 5.40. The number of carbonyl (C=O) groups excluding carboxylic acids is 2. The van der Waals surface area contributed by atoms with Crippen LogP contribution in [0, 0.1) is 5.82 Å². The summed E-state index contributed by atoms with van der Waals surface area (Å²) in [6, 6.07) is 6.95. The molecule has 1 fully saturated rings. The van der Waals surface area contributed by atoms with Crippen LogP contribution in [0.5, 0.6) is 0 Å². The fourth-order valence-electron chi connectivity index (χ4n) is 3.64. The van der Waals surface area contributed by atoms with Crippen molar-refractivity contribution in [3.05, 3.63) is 65.2 Å². The summed E-state index contributed by atoms with van der Waals surface area (Å²) in [5, 5.41) is 2.85. The molecule has 2 aromatic rings. The molecule has 2 heterocycles. The van der Waals surface area contributed by atoms with Crippen molar-refractivity contribution in [3.63, 3.8) is 0 Å². The van der Waals surface area contributed by atoms with Gasteiger partial charge < -0.3 is 15.2 Å². The molecule has 2 amide bonds. The van der Waals surface area contributed by atoms with Crippen molar-refractivity contribution in [1.29, 1.82) is 0 Å². The van der Waals surface area contributed by atoms with Crippen molar-refractivity contribution >= 4 is 35.7 Å². The highest BCUT2D eigenvalue weighted by Crippen LogP contribution is 2.15. The molecule has 1 atom stereocenters. The van der Waals surface area contributed by atoms with E-state index in [1.807, 2.05) is 0 Å². The normalized spacial score (nSPS) is 15.1. The van der Waals surface area contributed by atoms with E-state index in [4.69, 9.17) is 11.6 Å². The number of carbonyl (C=O) groups is 2. The zero-order chi connectivity index (χ0) is 22.2. The van der Waals surface area contributed by atoms with E-state index in [-0.39, 0.29) is 24.1 Å². The summed E-state index contributed by atoms with van der Waals surface area (Å²) >= 11 is 5.60. The van der Waals surface area contributed by atoms with Crippen LogP contribution >= 0.6 is 11.6 Å². The first-order valence-electron chi connectivity index (χ1n) is 10.3. The van der Waals surface area contributed by atoms with Gasteiger partial charge in [0.2, 0.25) is 5.91 Å². The lowest BCUT2D eigenvalue weighted by molar-refractivity contribution is -0.134. The SMILES string of the molecule is C=Cc1cc(C(=O)N[C@@H](Cc2ccc(F)cc2)C(=O)N2CCCCC2)[nH]c1/C=N\CCl. The van der Waals surface area contributed by atoms with E-state index in [2.05, 4.69) is 21.9 Å². The van der Waals surface area contributed by atoms with Crippen LogP contribution in [0.15, 0.2) is 41.9 Å². The molecule has 0 unspecified atom stereocenters. The fourth-order valence-corrected chi connectivity index (χ4v) is 3.71. The second-order valence-corrected chi connectivity index (χ2v) is 7.67. The maximum atomic E-state index is 13.3. The number of nitrogens with zero attached hydrogens (tertiary/aromatic N) is 2. The number of aromatic amines is 1. The van der Waals surface area contributed by atoms with Gasteiger partial charge in [-0.3, -0.25) is 14.6 Å². The quantitative estimate of drug-likeness (QED) is 0.369. The van der Waals surface area contributed by atoms with Gasteiger partial charge in [0.25, 0.3) is 5.91 Å². The zero-order valence-corrected chi connectivity index (χ0v) is 18.0. The van der Waals surface area contributed by atoms with Gasteiger partial charge in [-0.1, -0.05) is 24.8 Å². The first-order chi connectivity index (χ1) is 15.0. The lowest BCUT2D eigenvalue weighted by Crippen LogP contribution is -2.51. The Bertz CT molecular complexity index is 949. The molecule has 1 saturated heterocycles. The number of rotatable bonds is 8. The van der Waals surface area contributed by atoms with Gasteiger partial charge in [-0.15, -0.1) is 11.6 Å². The Morgan fingerprint density at radius 3 is 2.61 bits per heavy atom. The van der Waals surface area contributed by atoms with E-state index in [0.29, 0.717) is 30.0 Å². The smallest absolute Gasteiger partial charge is 0.268 e. The number of hydrogen-bond donors (Lipinski definition) is 2. The lowest BCUT2D eigenvalue weighted by Gasteiger charge is -2.30. The van der Waals surface area contributed by atoms with Crippen molar-refractivity contribution in [2.24, 2.45) is 4.99 Å². The number of piperidine rings is 1. The molecule has 0 radical (unpaired) electrons. The molecule has 0 aliphatic carbocycles. The second kappa shape index (κ2) is 10.9. The van der Waals surface area contributed by atoms with Crippen molar-refractivity contribution in [1.82, 2.24) is 15.2 Å².